The maximum atomic E-state index is 5.94. The van der Waals surface area contributed by atoms with Crippen LogP contribution in [0.15, 0.2) is 4.52 Å². The van der Waals surface area contributed by atoms with Crippen LogP contribution in [-0.2, 0) is 15.1 Å². The quantitative estimate of drug-likeness (QED) is 0.850. The van der Waals surface area contributed by atoms with Crippen LogP contribution in [0.1, 0.15) is 44.3 Å². The molecule has 1 aromatic heterocycles. The molecule has 2 atom stereocenters. The first-order chi connectivity index (χ1) is 8.66. The molecule has 6 heteroatoms. The highest BCUT2D eigenvalue weighted by Crippen LogP contribution is 2.32. The molecule has 1 aromatic rings. The minimum atomic E-state index is -0.467. The number of nitrogens with two attached hydrogens (primary N) is 1. The Morgan fingerprint density at radius 1 is 1.39 bits per heavy atom. The highest BCUT2D eigenvalue weighted by Gasteiger charge is 2.37. The number of aromatic nitrogens is 2. The number of rotatable bonds is 5. The van der Waals surface area contributed by atoms with E-state index in [0.717, 1.165) is 12.8 Å². The van der Waals surface area contributed by atoms with Gasteiger partial charge in [0.15, 0.2) is 0 Å². The first kappa shape index (κ1) is 13.5. The Bertz CT molecular complexity index is 381. The SMILES string of the molecule is CCC(CC)(OC)c1noc(C2COCC2N)n1. The molecule has 1 fully saturated rings. The van der Waals surface area contributed by atoms with E-state index in [9.17, 15) is 0 Å². The Morgan fingerprint density at radius 2 is 2.11 bits per heavy atom. The lowest BCUT2D eigenvalue weighted by Gasteiger charge is -2.25. The number of hydrogen-bond donors (Lipinski definition) is 1. The molecule has 2 N–H and O–H groups in total. The van der Waals surface area contributed by atoms with Crippen molar-refractivity contribution >= 4 is 0 Å². The molecule has 1 aliphatic rings. The van der Waals surface area contributed by atoms with Crippen LogP contribution in [-0.4, -0.2) is 36.5 Å². The van der Waals surface area contributed by atoms with Crippen molar-refractivity contribution in [3.8, 4) is 0 Å². The summed E-state index contributed by atoms with van der Waals surface area (Å²) < 4.78 is 16.2. The molecule has 18 heavy (non-hydrogen) atoms. The molecule has 0 amide bonds. The molecule has 0 bridgehead atoms. The number of ether oxygens (including phenoxy) is 2. The van der Waals surface area contributed by atoms with Crippen LogP contribution in [0.3, 0.4) is 0 Å². The molecule has 0 saturated carbocycles. The average molecular weight is 255 g/mol. The molecular formula is C12H21N3O3. The molecule has 1 aliphatic heterocycles. The lowest BCUT2D eigenvalue weighted by Crippen LogP contribution is -2.29. The summed E-state index contributed by atoms with van der Waals surface area (Å²) in [5, 5.41) is 4.06. The monoisotopic (exact) mass is 255 g/mol. The number of methoxy groups -OCH3 is 1. The molecule has 6 nitrogen and oxygen atoms in total. The fourth-order valence-electron chi connectivity index (χ4n) is 2.34. The topological polar surface area (TPSA) is 83.4 Å². The maximum absolute atomic E-state index is 5.94. The standard InChI is InChI=1S/C12H21N3O3/c1-4-12(5-2,16-3)11-14-10(18-15-11)8-6-17-7-9(8)13/h8-9H,4-7,13H2,1-3H3. The highest BCUT2D eigenvalue weighted by atomic mass is 16.5. The van der Waals surface area contributed by atoms with Crippen LogP contribution in [0.5, 0.6) is 0 Å². The number of hydrogen-bond acceptors (Lipinski definition) is 6. The summed E-state index contributed by atoms with van der Waals surface area (Å²) >= 11 is 0. The smallest absolute Gasteiger partial charge is 0.233 e. The molecule has 2 heterocycles. The van der Waals surface area contributed by atoms with Crippen molar-refractivity contribution < 1.29 is 14.0 Å². The van der Waals surface area contributed by atoms with Crippen molar-refractivity contribution in [2.24, 2.45) is 5.73 Å². The Hall–Kier alpha value is -0.980. The second-order valence-electron chi connectivity index (χ2n) is 4.67. The second-order valence-corrected chi connectivity index (χ2v) is 4.67. The average Bonchev–Trinajstić information content (AvgIpc) is 3.01. The molecule has 1 saturated heterocycles. The van der Waals surface area contributed by atoms with E-state index in [-0.39, 0.29) is 12.0 Å². The predicted molar refractivity (Wildman–Crippen MR) is 65.1 cm³/mol. The Balaban J connectivity index is 2.24. The third-order valence-corrected chi connectivity index (χ3v) is 3.82. The van der Waals surface area contributed by atoms with E-state index in [4.69, 9.17) is 19.7 Å². The zero-order chi connectivity index (χ0) is 13.2. The van der Waals surface area contributed by atoms with Crippen LogP contribution < -0.4 is 5.73 Å². The van der Waals surface area contributed by atoms with Gasteiger partial charge in [0.05, 0.1) is 19.1 Å². The molecule has 102 valence electrons. The summed E-state index contributed by atoms with van der Waals surface area (Å²) in [5.74, 6) is 1.15. The third kappa shape index (κ3) is 2.15. The van der Waals surface area contributed by atoms with Gasteiger partial charge in [-0.15, -0.1) is 0 Å². The summed E-state index contributed by atoms with van der Waals surface area (Å²) in [6.45, 7) is 5.18. The fraction of sp³-hybridized carbons (Fsp3) is 0.833. The maximum Gasteiger partial charge on any atom is 0.233 e. The van der Waals surface area contributed by atoms with Gasteiger partial charge in [0, 0.05) is 13.2 Å². The van der Waals surface area contributed by atoms with Gasteiger partial charge in [-0.25, -0.2) is 0 Å². The van der Waals surface area contributed by atoms with Gasteiger partial charge < -0.3 is 19.7 Å². The van der Waals surface area contributed by atoms with Gasteiger partial charge in [-0.3, -0.25) is 0 Å². The van der Waals surface area contributed by atoms with Gasteiger partial charge in [0.1, 0.15) is 5.60 Å². The fourth-order valence-corrected chi connectivity index (χ4v) is 2.34. The molecule has 0 spiro atoms. The molecule has 0 aliphatic carbocycles. The van der Waals surface area contributed by atoms with Crippen molar-refractivity contribution in [3.05, 3.63) is 11.7 Å². The molecule has 0 radical (unpaired) electrons. The highest BCUT2D eigenvalue weighted by molar-refractivity contribution is 5.06. The normalized spacial score (nSPS) is 24.7. The minimum absolute atomic E-state index is 0.00508. The lowest BCUT2D eigenvalue weighted by molar-refractivity contribution is -0.0306. The summed E-state index contributed by atoms with van der Waals surface area (Å²) in [7, 11) is 1.67. The van der Waals surface area contributed by atoms with Crippen molar-refractivity contribution in [2.45, 2.75) is 44.2 Å². The first-order valence-corrected chi connectivity index (χ1v) is 6.39. The molecule has 2 rings (SSSR count). The lowest BCUT2D eigenvalue weighted by atomic mass is 9.96. The van der Waals surface area contributed by atoms with Gasteiger partial charge in [-0.2, -0.15) is 4.98 Å². The minimum Gasteiger partial charge on any atom is -0.379 e. The van der Waals surface area contributed by atoms with E-state index >= 15 is 0 Å². The van der Waals surface area contributed by atoms with Crippen molar-refractivity contribution in [2.75, 3.05) is 20.3 Å². The van der Waals surface area contributed by atoms with E-state index in [1.807, 2.05) is 13.8 Å². The summed E-state index contributed by atoms with van der Waals surface area (Å²) in [5.41, 5.74) is 5.48. The van der Waals surface area contributed by atoms with E-state index < -0.39 is 5.60 Å². The Kier molecular flexibility index (Phi) is 3.99. The van der Waals surface area contributed by atoms with Crippen molar-refractivity contribution in [3.63, 3.8) is 0 Å². The summed E-state index contributed by atoms with van der Waals surface area (Å²) in [6.07, 6.45) is 1.60. The van der Waals surface area contributed by atoms with E-state index in [2.05, 4.69) is 10.1 Å². The van der Waals surface area contributed by atoms with Crippen LogP contribution in [0.2, 0.25) is 0 Å². The van der Waals surface area contributed by atoms with Crippen LogP contribution in [0, 0.1) is 0 Å². The van der Waals surface area contributed by atoms with E-state index in [1.54, 1.807) is 7.11 Å². The van der Waals surface area contributed by atoms with Gasteiger partial charge in [0.2, 0.25) is 11.7 Å². The van der Waals surface area contributed by atoms with Gasteiger partial charge >= 0.3 is 0 Å². The molecule has 2 unspecified atom stereocenters. The Morgan fingerprint density at radius 3 is 2.61 bits per heavy atom. The van der Waals surface area contributed by atoms with Crippen molar-refractivity contribution in [1.82, 2.24) is 10.1 Å². The third-order valence-electron chi connectivity index (χ3n) is 3.82. The zero-order valence-corrected chi connectivity index (χ0v) is 11.2. The van der Waals surface area contributed by atoms with Gasteiger partial charge in [-0.1, -0.05) is 19.0 Å². The zero-order valence-electron chi connectivity index (χ0n) is 11.2. The van der Waals surface area contributed by atoms with E-state index in [0.29, 0.717) is 24.9 Å². The van der Waals surface area contributed by atoms with E-state index in [1.165, 1.54) is 0 Å². The van der Waals surface area contributed by atoms with Gasteiger partial charge in [0.25, 0.3) is 0 Å². The largest absolute Gasteiger partial charge is 0.379 e. The van der Waals surface area contributed by atoms with Crippen molar-refractivity contribution in [1.29, 1.82) is 0 Å². The number of nitrogens with zero attached hydrogens (tertiary/aromatic N) is 2. The first-order valence-electron chi connectivity index (χ1n) is 6.39. The van der Waals surface area contributed by atoms with Gasteiger partial charge in [-0.05, 0) is 12.8 Å². The van der Waals surface area contributed by atoms with Crippen LogP contribution >= 0.6 is 0 Å². The predicted octanol–water partition coefficient (Wildman–Crippen LogP) is 1.17. The van der Waals surface area contributed by atoms with Crippen LogP contribution in [0.4, 0.5) is 0 Å². The summed E-state index contributed by atoms with van der Waals surface area (Å²) in [6, 6.07) is -0.0708. The molecule has 0 aromatic carbocycles. The Labute approximate surface area is 107 Å². The summed E-state index contributed by atoms with van der Waals surface area (Å²) in [4.78, 5) is 4.46. The second kappa shape index (κ2) is 5.34. The molecular weight excluding hydrogens is 234 g/mol. The van der Waals surface area contributed by atoms with Crippen LogP contribution in [0.25, 0.3) is 0 Å².